The van der Waals surface area contributed by atoms with Gasteiger partial charge in [0.15, 0.2) is 0 Å². The van der Waals surface area contributed by atoms with Crippen LogP contribution in [-0.2, 0) is 17.9 Å². The standard InChI is InChI=1S/C9H17N3O/c1-4-12-9(10)5-8(11-12)6-13-7(2)3/h5,7H,4,6,10H2,1-3H3. The van der Waals surface area contributed by atoms with Crippen LogP contribution in [0.25, 0.3) is 0 Å². The molecule has 2 N–H and O–H groups in total. The van der Waals surface area contributed by atoms with Gasteiger partial charge in [0.05, 0.1) is 18.4 Å². The van der Waals surface area contributed by atoms with Crippen LogP contribution in [0.15, 0.2) is 6.07 Å². The minimum atomic E-state index is 0.230. The van der Waals surface area contributed by atoms with Gasteiger partial charge in [-0.15, -0.1) is 0 Å². The molecule has 4 nitrogen and oxygen atoms in total. The van der Waals surface area contributed by atoms with Crippen LogP contribution in [0.1, 0.15) is 26.5 Å². The number of nitrogen functional groups attached to an aromatic ring is 1. The summed E-state index contributed by atoms with van der Waals surface area (Å²) in [6.45, 7) is 7.35. The Morgan fingerprint density at radius 2 is 2.31 bits per heavy atom. The molecule has 13 heavy (non-hydrogen) atoms. The highest BCUT2D eigenvalue weighted by molar-refractivity contribution is 5.30. The van der Waals surface area contributed by atoms with Crippen molar-refractivity contribution in [2.24, 2.45) is 0 Å². The Hall–Kier alpha value is -1.03. The molecule has 0 aliphatic carbocycles. The Balaban J connectivity index is 2.57. The van der Waals surface area contributed by atoms with Gasteiger partial charge in [-0.25, -0.2) is 0 Å². The summed E-state index contributed by atoms with van der Waals surface area (Å²) in [5.41, 5.74) is 6.60. The minimum Gasteiger partial charge on any atom is -0.384 e. The third-order valence-corrected chi connectivity index (χ3v) is 1.73. The summed E-state index contributed by atoms with van der Waals surface area (Å²) in [4.78, 5) is 0. The molecule has 0 atom stereocenters. The first-order valence-electron chi connectivity index (χ1n) is 4.57. The SMILES string of the molecule is CCn1nc(COC(C)C)cc1N. The van der Waals surface area contributed by atoms with Crippen molar-refractivity contribution in [3.8, 4) is 0 Å². The second kappa shape index (κ2) is 4.28. The summed E-state index contributed by atoms with van der Waals surface area (Å²) in [6, 6.07) is 1.85. The molecule has 1 rings (SSSR count). The fourth-order valence-corrected chi connectivity index (χ4v) is 1.06. The monoisotopic (exact) mass is 183 g/mol. The number of rotatable bonds is 4. The average molecular weight is 183 g/mol. The van der Waals surface area contributed by atoms with Gasteiger partial charge in [0, 0.05) is 12.6 Å². The molecule has 0 aromatic carbocycles. The summed E-state index contributed by atoms with van der Waals surface area (Å²) in [5.74, 6) is 0.699. The van der Waals surface area contributed by atoms with Crippen LogP contribution in [0.4, 0.5) is 5.82 Å². The predicted molar refractivity (Wildman–Crippen MR) is 52.2 cm³/mol. The number of aromatic nitrogens is 2. The van der Waals surface area contributed by atoms with Crippen molar-refractivity contribution in [2.45, 2.75) is 40.0 Å². The highest BCUT2D eigenvalue weighted by Gasteiger charge is 2.03. The zero-order valence-electron chi connectivity index (χ0n) is 8.45. The average Bonchev–Trinajstić information content (AvgIpc) is 2.43. The van der Waals surface area contributed by atoms with E-state index in [1.807, 2.05) is 26.8 Å². The van der Waals surface area contributed by atoms with Crippen LogP contribution in [-0.4, -0.2) is 15.9 Å². The van der Waals surface area contributed by atoms with Gasteiger partial charge in [-0.1, -0.05) is 0 Å². The molecule has 0 fully saturated rings. The van der Waals surface area contributed by atoms with E-state index in [1.165, 1.54) is 0 Å². The number of aryl methyl sites for hydroxylation is 1. The molecular formula is C9H17N3O. The van der Waals surface area contributed by atoms with Gasteiger partial charge in [-0.3, -0.25) is 4.68 Å². The summed E-state index contributed by atoms with van der Waals surface area (Å²) in [6.07, 6.45) is 0.230. The third kappa shape index (κ3) is 2.73. The van der Waals surface area contributed by atoms with Crippen LogP contribution in [0.3, 0.4) is 0 Å². The Morgan fingerprint density at radius 3 is 2.77 bits per heavy atom. The van der Waals surface area contributed by atoms with Crippen LogP contribution in [0.5, 0.6) is 0 Å². The third-order valence-electron chi connectivity index (χ3n) is 1.73. The molecule has 1 heterocycles. The topological polar surface area (TPSA) is 53.1 Å². The van der Waals surface area contributed by atoms with Crippen LogP contribution in [0.2, 0.25) is 0 Å². The van der Waals surface area contributed by atoms with E-state index in [2.05, 4.69) is 5.10 Å². The highest BCUT2D eigenvalue weighted by atomic mass is 16.5. The summed E-state index contributed by atoms with van der Waals surface area (Å²) in [7, 11) is 0. The van der Waals surface area contributed by atoms with Crippen LogP contribution in [0, 0.1) is 0 Å². The fourth-order valence-electron chi connectivity index (χ4n) is 1.06. The van der Waals surface area contributed by atoms with Crippen molar-refractivity contribution < 1.29 is 4.74 Å². The number of hydrogen-bond donors (Lipinski definition) is 1. The predicted octanol–water partition coefficient (Wildman–Crippen LogP) is 1.41. The van der Waals surface area contributed by atoms with Crippen molar-refractivity contribution in [1.29, 1.82) is 0 Å². The molecule has 0 saturated carbocycles. The normalized spacial score (nSPS) is 11.1. The maximum atomic E-state index is 5.70. The van der Waals surface area contributed by atoms with Gasteiger partial charge in [0.1, 0.15) is 5.82 Å². The molecular weight excluding hydrogens is 166 g/mol. The zero-order chi connectivity index (χ0) is 9.84. The van der Waals surface area contributed by atoms with E-state index in [0.29, 0.717) is 12.4 Å². The quantitative estimate of drug-likeness (QED) is 0.767. The van der Waals surface area contributed by atoms with Gasteiger partial charge in [0.25, 0.3) is 0 Å². The largest absolute Gasteiger partial charge is 0.384 e. The molecule has 0 saturated heterocycles. The van der Waals surface area contributed by atoms with Gasteiger partial charge < -0.3 is 10.5 Å². The number of ether oxygens (including phenoxy) is 1. The van der Waals surface area contributed by atoms with E-state index in [0.717, 1.165) is 12.2 Å². The van der Waals surface area contributed by atoms with E-state index in [1.54, 1.807) is 4.68 Å². The molecule has 74 valence electrons. The first kappa shape index (κ1) is 10.1. The van der Waals surface area contributed by atoms with E-state index in [4.69, 9.17) is 10.5 Å². The second-order valence-electron chi connectivity index (χ2n) is 3.24. The smallest absolute Gasteiger partial charge is 0.121 e. The van der Waals surface area contributed by atoms with E-state index >= 15 is 0 Å². The number of hydrogen-bond acceptors (Lipinski definition) is 3. The second-order valence-corrected chi connectivity index (χ2v) is 3.24. The Bertz CT molecular complexity index is 268. The van der Waals surface area contributed by atoms with Crippen molar-refractivity contribution in [1.82, 2.24) is 9.78 Å². The summed E-state index contributed by atoms with van der Waals surface area (Å²) in [5, 5.41) is 4.27. The molecule has 0 amide bonds. The van der Waals surface area contributed by atoms with Crippen molar-refractivity contribution in [3.05, 3.63) is 11.8 Å². The van der Waals surface area contributed by atoms with Gasteiger partial charge in [0.2, 0.25) is 0 Å². The Morgan fingerprint density at radius 1 is 1.62 bits per heavy atom. The van der Waals surface area contributed by atoms with Gasteiger partial charge in [-0.2, -0.15) is 5.10 Å². The molecule has 0 aliphatic rings. The lowest BCUT2D eigenvalue weighted by Crippen LogP contribution is -2.04. The molecule has 4 heteroatoms. The van der Waals surface area contributed by atoms with Gasteiger partial charge >= 0.3 is 0 Å². The molecule has 0 bridgehead atoms. The van der Waals surface area contributed by atoms with Crippen LogP contribution >= 0.6 is 0 Å². The van der Waals surface area contributed by atoms with Crippen molar-refractivity contribution in [2.75, 3.05) is 5.73 Å². The van der Waals surface area contributed by atoms with Crippen molar-refractivity contribution in [3.63, 3.8) is 0 Å². The van der Waals surface area contributed by atoms with E-state index < -0.39 is 0 Å². The lowest BCUT2D eigenvalue weighted by atomic mass is 10.4. The number of nitrogens with zero attached hydrogens (tertiary/aromatic N) is 2. The zero-order valence-corrected chi connectivity index (χ0v) is 8.45. The first-order chi connectivity index (χ1) is 6.13. The van der Waals surface area contributed by atoms with Gasteiger partial charge in [-0.05, 0) is 20.8 Å². The van der Waals surface area contributed by atoms with E-state index in [-0.39, 0.29) is 6.10 Å². The summed E-state index contributed by atoms with van der Waals surface area (Å²) < 4.78 is 7.17. The maximum Gasteiger partial charge on any atom is 0.121 e. The number of nitrogens with two attached hydrogens (primary N) is 1. The summed E-state index contributed by atoms with van der Waals surface area (Å²) >= 11 is 0. The molecule has 1 aromatic heterocycles. The van der Waals surface area contributed by atoms with Crippen molar-refractivity contribution >= 4 is 5.82 Å². The molecule has 0 spiro atoms. The Kier molecular flexibility index (Phi) is 3.31. The number of anilines is 1. The lowest BCUT2D eigenvalue weighted by molar-refractivity contribution is 0.0632. The molecule has 0 unspecified atom stereocenters. The molecule has 0 radical (unpaired) electrons. The Labute approximate surface area is 78.7 Å². The molecule has 1 aromatic rings. The highest BCUT2D eigenvalue weighted by Crippen LogP contribution is 2.08. The molecule has 0 aliphatic heterocycles. The minimum absolute atomic E-state index is 0.230. The first-order valence-corrected chi connectivity index (χ1v) is 4.57. The van der Waals surface area contributed by atoms with E-state index in [9.17, 15) is 0 Å². The van der Waals surface area contributed by atoms with Crippen LogP contribution < -0.4 is 5.73 Å². The fraction of sp³-hybridized carbons (Fsp3) is 0.667. The lowest BCUT2D eigenvalue weighted by Gasteiger charge is -2.04. The maximum absolute atomic E-state index is 5.70.